The average Bonchev–Trinajstić information content (AvgIpc) is 2.46. The maximum Gasteiger partial charge on any atom is 0.0208 e. The average molecular weight is 346 g/mol. The molecule has 0 saturated heterocycles. The molecule has 21 heavy (non-hydrogen) atoms. The SMILES string of the molecule is CC(CC(C)(C)c1ccccc1)NCc1cccc(Br)c1. The summed E-state index contributed by atoms with van der Waals surface area (Å²) >= 11 is 3.52. The predicted octanol–water partition coefficient (Wildman–Crippen LogP) is 5.30. The van der Waals surface area contributed by atoms with Crippen LogP contribution in [0, 0.1) is 0 Å². The van der Waals surface area contributed by atoms with Crippen LogP contribution < -0.4 is 5.32 Å². The van der Waals surface area contributed by atoms with Crippen molar-refractivity contribution in [2.45, 2.75) is 45.2 Å². The van der Waals surface area contributed by atoms with E-state index in [9.17, 15) is 0 Å². The van der Waals surface area contributed by atoms with Crippen LogP contribution in [0.25, 0.3) is 0 Å². The number of nitrogens with one attached hydrogen (secondary N) is 1. The van der Waals surface area contributed by atoms with Crippen molar-refractivity contribution in [3.63, 3.8) is 0 Å². The van der Waals surface area contributed by atoms with E-state index in [2.05, 4.69) is 96.6 Å². The highest BCUT2D eigenvalue weighted by Crippen LogP contribution is 2.28. The van der Waals surface area contributed by atoms with E-state index in [1.54, 1.807) is 0 Å². The molecule has 2 rings (SSSR count). The Morgan fingerprint density at radius 1 is 1.05 bits per heavy atom. The van der Waals surface area contributed by atoms with Crippen LogP contribution in [0.1, 0.15) is 38.3 Å². The lowest BCUT2D eigenvalue weighted by Crippen LogP contribution is -2.32. The summed E-state index contributed by atoms with van der Waals surface area (Å²) in [5.74, 6) is 0. The molecular weight excluding hydrogens is 322 g/mol. The fourth-order valence-corrected chi connectivity index (χ4v) is 3.23. The van der Waals surface area contributed by atoms with Gasteiger partial charge in [0.15, 0.2) is 0 Å². The number of benzene rings is 2. The molecule has 0 heterocycles. The number of rotatable bonds is 6. The maximum atomic E-state index is 3.63. The van der Waals surface area contributed by atoms with Crippen molar-refractivity contribution in [3.05, 3.63) is 70.2 Å². The summed E-state index contributed by atoms with van der Waals surface area (Å²) < 4.78 is 1.14. The molecule has 1 unspecified atom stereocenters. The van der Waals surface area contributed by atoms with Gasteiger partial charge < -0.3 is 5.32 Å². The fourth-order valence-electron chi connectivity index (χ4n) is 2.78. The van der Waals surface area contributed by atoms with Gasteiger partial charge in [-0.1, -0.05) is 72.2 Å². The van der Waals surface area contributed by atoms with Crippen LogP contribution in [0.3, 0.4) is 0 Å². The highest BCUT2D eigenvalue weighted by atomic mass is 79.9. The van der Waals surface area contributed by atoms with Gasteiger partial charge in [-0.3, -0.25) is 0 Å². The molecule has 1 atom stereocenters. The zero-order valence-corrected chi connectivity index (χ0v) is 14.7. The molecule has 0 aliphatic rings. The van der Waals surface area contributed by atoms with Gasteiger partial charge in [0.1, 0.15) is 0 Å². The zero-order valence-electron chi connectivity index (χ0n) is 13.1. The lowest BCUT2D eigenvalue weighted by atomic mass is 9.79. The minimum atomic E-state index is 0.185. The standard InChI is InChI=1S/C19H24BrN/c1-15(21-14-16-8-7-11-18(20)12-16)13-19(2,3)17-9-5-4-6-10-17/h4-12,15,21H,13-14H2,1-3H3. The molecule has 0 radical (unpaired) electrons. The first-order valence-corrected chi connectivity index (χ1v) is 8.30. The summed E-state index contributed by atoms with van der Waals surface area (Å²) in [6.07, 6.45) is 1.12. The normalized spacial score (nSPS) is 13.1. The molecule has 0 aliphatic heterocycles. The molecule has 1 N–H and O–H groups in total. The van der Waals surface area contributed by atoms with Gasteiger partial charge in [-0.15, -0.1) is 0 Å². The summed E-state index contributed by atoms with van der Waals surface area (Å²) in [6.45, 7) is 7.81. The van der Waals surface area contributed by atoms with Gasteiger partial charge in [0.2, 0.25) is 0 Å². The Bertz CT molecular complexity index is 563. The first-order chi connectivity index (χ1) is 9.97. The van der Waals surface area contributed by atoms with Gasteiger partial charge in [0, 0.05) is 17.1 Å². The van der Waals surface area contributed by atoms with E-state index in [4.69, 9.17) is 0 Å². The molecule has 2 aromatic carbocycles. The zero-order chi connectivity index (χ0) is 15.3. The van der Waals surface area contributed by atoms with Crippen LogP contribution in [0.2, 0.25) is 0 Å². The van der Waals surface area contributed by atoms with E-state index in [0.29, 0.717) is 6.04 Å². The van der Waals surface area contributed by atoms with Crippen molar-refractivity contribution in [3.8, 4) is 0 Å². The molecule has 0 fully saturated rings. The minimum Gasteiger partial charge on any atom is -0.310 e. The van der Waals surface area contributed by atoms with Gasteiger partial charge in [-0.2, -0.15) is 0 Å². The molecule has 2 aromatic rings. The Morgan fingerprint density at radius 3 is 2.43 bits per heavy atom. The van der Waals surface area contributed by atoms with Crippen molar-refractivity contribution in [1.82, 2.24) is 5.32 Å². The number of hydrogen-bond donors (Lipinski definition) is 1. The second-order valence-electron chi connectivity index (χ2n) is 6.37. The molecule has 0 saturated carbocycles. The quantitative estimate of drug-likeness (QED) is 0.749. The van der Waals surface area contributed by atoms with E-state index in [1.165, 1.54) is 11.1 Å². The van der Waals surface area contributed by atoms with Gasteiger partial charge in [0.25, 0.3) is 0 Å². The lowest BCUT2D eigenvalue weighted by molar-refractivity contribution is 0.388. The van der Waals surface area contributed by atoms with E-state index in [1.807, 2.05) is 0 Å². The van der Waals surface area contributed by atoms with Gasteiger partial charge >= 0.3 is 0 Å². The molecule has 112 valence electrons. The van der Waals surface area contributed by atoms with Crippen LogP contribution in [0.15, 0.2) is 59.1 Å². The maximum absolute atomic E-state index is 3.63. The Kier molecular flexibility index (Phi) is 5.60. The van der Waals surface area contributed by atoms with E-state index in [0.717, 1.165) is 17.4 Å². The smallest absolute Gasteiger partial charge is 0.0208 e. The third kappa shape index (κ3) is 4.98. The summed E-state index contributed by atoms with van der Waals surface area (Å²) in [4.78, 5) is 0. The van der Waals surface area contributed by atoms with Crippen LogP contribution in [-0.2, 0) is 12.0 Å². The van der Waals surface area contributed by atoms with Gasteiger partial charge in [0.05, 0.1) is 0 Å². The first kappa shape index (κ1) is 16.3. The minimum absolute atomic E-state index is 0.185. The van der Waals surface area contributed by atoms with E-state index < -0.39 is 0 Å². The Balaban J connectivity index is 1.91. The highest BCUT2D eigenvalue weighted by Gasteiger charge is 2.22. The van der Waals surface area contributed by atoms with E-state index >= 15 is 0 Å². The fraction of sp³-hybridized carbons (Fsp3) is 0.368. The summed E-state index contributed by atoms with van der Waals surface area (Å²) in [6, 6.07) is 19.7. The van der Waals surface area contributed by atoms with Crippen molar-refractivity contribution in [1.29, 1.82) is 0 Å². The molecule has 0 aromatic heterocycles. The largest absolute Gasteiger partial charge is 0.310 e. The Morgan fingerprint density at radius 2 is 1.76 bits per heavy atom. The molecular formula is C19H24BrN. The molecule has 0 amide bonds. The van der Waals surface area contributed by atoms with Gasteiger partial charge in [-0.25, -0.2) is 0 Å². The van der Waals surface area contributed by atoms with Crippen LogP contribution in [-0.4, -0.2) is 6.04 Å². The van der Waals surface area contributed by atoms with Crippen molar-refractivity contribution in [2.24, 2.45) is 0 Å². The Hall–Kier alpha value is -1.12. The molecule has 0 spiro atoms. The Labute approximate surface area is 136 Å². The summed E-state index contributed by atoms with van der Waals surface area (Å²) in [7, 11) is 0. The van der Waals surface area contributed by atoms with Crippen LogP contribution >= 0.6 is 15.9 Å². The van der Waals surface area contributed by atoms with Crippen LogP contribution in [0.4, 0.5) is 0 Å². The molecule has 0 bridgehead atoms. The van der Waals surface area contributed by atoms with Crippen molar-refractivity contribution < 1.29 is 0 Å². The monoisotopic (exact) mass is 345 g/mol. The van der Waals surface area contributed by atoms with Crippen molar-refractivity contribution in [2.75, 3.05) is 0 Å². The summed E-state index contributed by atoms with van der Waals surface area (Å²) in [5, 5.41) is 3.63. The molecule has 2 heteroatoms. The first-order valence-electron chi connectivity index (χ1n) is 7.51. The molecule has 0 aliphatic carbocycles. The highest BCUT2D eigenvalue weighted by molar-refractivity contribution is 9.10. The third-order valence-corrected chi connectivity index (χ3v) is 4.41. The van der Waals surface area contributed by atoms with Gasteiger partial charge in [-0.05, 0) is 42.0 Å². The second kappa shape index (κ2) is 7.24. The van der Waals surface area contributed by atoms with E-state index in [-0.39, 0.29) is 5.41 Å². The molecule has 1 nitrogen and oxygen atoms in total. The second-order valence-corrected chi connectivity index (χ2v) is 7.28. The lowest BCUT2D eigenvalue weighted by Gasteiger charge is -2.29. The summed E-state index contributed by atoms with van der Waals surface area (Å²) in [5.41, 5.74) is 2.90. The third-order valence-electron chi connectivity index (χ3n) is 3.92. The number of halogens is 1. The predicted molar refractivity (Wildman–Crippen MR) is 94.5 cm³/mol. The van der Waals surface area contributed by atoms with Crippen LogP contribution in [0.5, 0.6) is 0 Å². The topological polar surface area (TPSA) is 12.0 Å². The number of hydrogen-bond acceptors (Lipinski definition) is 1. The van der Waals surface area contributed by atoms with Crippen molar-refractivity contribution >= 4 is 15.9 Å².